The summed E-state index contributed by atoms with van der Waals surface area (Å²) in [7, 11) is 0. The number of rotatable bonds is 2. The number of Topliss-reactive ketones (excluding diaryl/α,β-unsaturated/α-hetero) is 1. The normalized spacial score (nSPS) is 13.4. The molecule has 2 N–H and O–H groups in total. The van der Waals surface area contributed by atoms with Crippen molar-refractivity contribution in [3.8, 4) is 0 Å². The maximum atomic E-state index is 10.6. The maximum absolute atomic E-state index is 10.6. The van der Waals surface area contributed by atoms with Gasteiger partial charge in [0, 0.05) is 6.92 Å². The van der Waals surface area contributed by atoms with Crippen molar-refractivity contribution in [2.45, 2.75) is 13.8 Å². The molecule has 0 aliphatic heterocycles. The lowest BCUT2D eigenvalue weighted by molar-refractivity contribution is -0.111. The van der Waals surface area contributed by atoms with Gasteiger partial charge in [0.2, 0.25) is 0 Å². The van der Waals surface area contributed by atoms with Crippen molar-refractivity contribution in [1.82, 2.24) is 0 Å². The minimum Gasteiger partial charge on any atom is -0.377 e. The zero-order valence-electron chi connectivity index (χ0n) is 6.79. The molecule has 62 valence electrons. The highest BCUT2D eigenvalue weighted by atomic mass is 32.2. The van der Waals surface area contributed by atoms with E-state index in [1.165, 1.54) is 18.7 Å². The Morgan fingerprint density at radius 2 is 1.91 bits per heavy atom. The van der Waals surface area contributed by atoms with Gasteiger partial charge in [0.1, 0.15) is 5.71 Å². The minimum absolute atomic E-state index is 0.0948. The van der Waals surface area contributed by atoms with Crippen LogP contribution in [0.3, 0.4) is 0 Å². The summed E-state index contributed by atoms with van der Waals surface area (Å²) in [5, 5.41) is 7.54. The molecule has 0 radical (unpaired) electrons. The van der Waals surface area contributed by atoms with Crippen LogP contribution in [-0.4, -0.2) is 22.9 Å². The van der Waals surface area contributed by atoms with E-state index in [1.807, 2.05) is 0 Å². The molecule has 0 heterocycles. The number of ketones is 1. The van der Waals surface area contributed by atoms with E-state index in [9.17, 15) is 4.79 Å². The van der Waals surface area contributed by atoms with Crippen molar-refractivity contribution in [2.24, 2.45) is 15.9 Å². The first-order valence-electron chi connectivity index (χ1n) is 3.00. The van der Waals surface area contributed by atoms with Gasteiger partial charge in [-0.05, 0) is 13.2 Å². The van der Waals surface area contributed by atoms with Crippen LogP contribution in [0.4, 0.5) is 0 Å². The second kappa shape index (κ2) is 4.90. The quantitative estimate of drug-likeness (QED) is 0.378. The molecule has 0 bridgehead atoms. The Kier molecular flexibility index (Phi) is 4.52. The number of thioether (sulfide) groups is 1. The van der Waals surface area contributed by atoms with E-state index in [-0.39, 0.29) is 5.78 Å². The lowest BCUT2D eigenvalue weighted by atomic mass is 10.3. The van der Waals surface area contributed by atoms with E-state index in [0.29, 0.717) is 10.9 Å². The van der Waals surface area contributed by atoms with Crippen molar-refractivity contribution < 1.29 is 4.79 Å². The van der Waals surface area contributed by atoms with E-state index in [1.54, 1.807) is 13.2 Å². The smallest absolute Gasteiger partial charge is 0.180 e. The summed E-state index contributed by atoms with van der Waals surface area (Å²) < 4.78 is 0. The molecule has 0 saturated carbocycles. The van der Waals surface area contributed by atoms with E-state index in [4.69, 9.17) is 5.73 Å². The van der Waals surface area contributed by atoms with Gasteiger partial charge in [0.15, 0.2) is 11.0 Å². The molecular weight excluding hydrogens is 162 g/mol. The number of carbonyl (C=O) groups excluding carboxylic acids is 1. The van der Waals surface area contributed by atoms with Gasteiger partial charge in [-0.2, -0.15) is 0 Å². The standard InChI is InChI=1S/C6H11N3OS/c1-4(5(2)10)8-9-6(7)11-3/h1-3H3,(H2,7,9)/b8-4+. The van der Waals surface area contributed by atoms with Crippen LogP contribution in [0.15, 0.2) is 10.2 Å². The zero-order valence-corrected chi connectivity index (χ0v) is 7.60. The Hall–Kier alpha value is -0.840. The average Bonchev–Trinajstić information content (AvgIpc) is 1.99. The van der Waals surface area contributed by atoms with Crippen LogP contribution in [0.1, 0.15) is 13.8 Å². The summed E-state index contributed by atoms with van der Waals surface area (Å²) >= 11 is 1.29. The minimum atomic E-state index is -0.0948. The molecule has 0 saturated heterocycles. The summed E-state index contributed by atoms with van der Waals surface area (Å²) in [6.07, 6.45) is 1.79. The van der Waals surface area contributed by atoms with Gasteiger partial charge in [-0.25, -0.2) is 0 Å². The van der Waals surface area contributed by atoms with E-state index < -0.39 is 0 Å². The number of nitrogens with zero attached hydrogens (tertiary/aromatic N) is 2. The largest absolute Gasteiger partial charge is 0.377 e. The van der Waals surface area contributed by atoms with Crippen molar-refractivity contribution in [2.75, 3.05) is 6.26 Å². The van der Waals surface area contributed by atoms with Crippen molar-refractivity contribution in [1.29, 1.82) is 0 Å². The lowest BCUT2D eigenvalue weighted by Gasteiger charge is -1.90. The Labute approximate surface area is 69.9 Å². The van der Waals surface area contributed by atoms with Crippen LogP contribution in [0.2, 0.25) is 0 Å². The fourth-order valence-electron chi connectivity index (χ4n) is 0.236. The summed E-state index contributed by atoms with van der Waals surface area (Å²) in [5.41, 5.74) is 5.68. The molecule has 4 nitrogen and oxygen atoms in total. The number of hydrogen-bond donors (Lipinski definition) is 1. The fraction of sp³-hybridized carbons (Fsp3) is 0.500. The van der Waals surface area contributed by atoms with Crippen LogP contribution in [0.5, 0.6) is 0 Å². The second-order valence-electron chi connectivity index (χ2n) is 1.88. The Bertz CT molecular complexity index is 210. The Morgan fingerprint density at radius 3 is 2.27 bits per heavy atom. The predicted molar refractivity (Wildman–Crippen MR) is 48.9 cm³/mol. The summed E-state index contributed by atoms with van der Waals surface area (Å²) in [5.74, 6) is -0.0948. The summed E-state index contributed by atoms with van der Waals surface area (Å²) in [4.78, 5) is 10.6. The van der Waals surface area contributed by atoms with Gasteiger partial charge in [0.05, 0.1) is 0 Å². The molecule has 11 heavy (non-hydrogen) atoms. The number of amidine groups is 1. The van der Waals surface area contributed by atoms with Gasteiger partial charge in [-0.3, -0.25) is 4.79 Å². The highest BCUT2D eigenvalue weighted by Gasteiger charge is 1.95. The van der Waals surface area contributed by atoms with E-state index in [2.05, 4.69) is 10.2 Å². The van der Waals surface area contributed by atoms with Crippen LogP contribution in [-0.2, 0) is 4.79 Å². The van der Waals surface area contributed by atoms with E-state index >= 15 is 0 Å². The number of carbonyl (C=O) groups is 1. The first-order valence-corrected chi connectivity index (χ1v) is 4.23. The molecular formula is C6H11N3OS. The van der Waals surface area contributed by atoms with Crippen molar-refractivity contribution in [3.05, 3.63) is 0 Å². The van der Waals surface area contributed by atoms with Gasteiger partial charge < -0.3 is 5.73 Å². The number of nitrogens with two attached hydrogens (primary N) is 1. The van der Waals surface area contributed by atoms with Crippen molar-refractivity contribution >= 4 is 28.4 Å². The average molecular weight is 173 g/mol. The molecule has 0 aromatic rings. The molecule has 0 fully saturated rings. The second-order valence-corrected chi connectivity index (χ2v) is 2.71. The molecule has 0 unspecified atom stereocenters. The van der Waals surface area contributed by atoms with Gasteiger partial charge >= 0.3 is 0 Å². The third-order valence-electron chi connectivity index (χ3n) is 1.02. The van der Waals surface area contributed by atoms with Gasteiger partial charge in [-0.15, -0.1) is 10.2 Å². The predicted octanol–water partition coefficient (Wildman–Crippen LogP) is 0.629. The first kappa shape index (κ1) is 10.2. The zero-order chi connectivity index (χ0) is 8.85. The monoisotopic (exact) mass is 173 g/mol. The molecule has 5 heteroatoms. The maximum Gasteiger partial charge on any atom is 0.180 e. The van der Waals surface area contributed by atoms with Crippen molar-refractivity contribution in [3.63, 3.8) is 0 Å². The Morgan fingerprint density at radius 1 is 1.36 bits per heavy atom. The lowest BCUT2D eigenvalue weighted by Crippen LogP contribution is -2.07. The van der Waals surface area contributed by atoms with Crippen LogP contribution in [0.25, 0.3) is 0 Å². The molecule has 0 amide bonds. The molecule has 0 rings (SSSR count). The molecule has 0 aromatic heterocycles. The van der Waals surface area contributed by atoms with Crippen LogP contribution >= 0.6 is 11.8 Å². The van der Waals surface area contributed by atoms with E-state index in [0.717, 1.165) is 0 Å². The highest BCUT2D eigenvalue weighted by Crippen LogP contribution is 1.91. The van der Waals surface area contributed by atoms with Crippen LogP contribution < -0.4 is 5.73 Å². The Balaban J connectivity index is 4.22. The molecule has 0 aromatic carbocycles. The molecule has 0 aliphatic rings. The van der Waals surface area contributed by atoms with Gasteiger partial charge in [0.25, 0.3) is 0 Å². The fourth-order valence-corrected chi connectivity index (χ4v) is 0.358. The molecule has 0 aliphatic carbocycles. The third kappa shape index (κ3) is 4.55. The van der Waals surface area contributed by atoms with Gasteiger partial charge in [-0.1, -0.05) is 11.8 Å². The molecule has 0 atom stereocenters. The summed E-state index contributed by atoms with van der Waals surface area (Å²) in [6.45, 7) is 3.03. The highest BCUT2D eigenvalue weighted by molar-refractivity contribution is 8.13. The topological polar surface area (TPSA) is 67.8 Å². The first-order chi connectivity index (χ1) is 5.07. The summed E-state index contributed by atoms with van der Waals surface area (Å²) in [6, 6.07) is 0. The van der Waals surface area contributed by atoms with Crippen LogP contribution in [0, 0.1) is 0 Å². The SMILES string of the molecule is CS/C(N)=N/N=C(\C)C(C)=O. The molecule has 0 spiro atoms. The third-order valence-corrected chi connectivity index (χ3v) is 1.52. The number of hydrogen-bond acceptors (Lipinski definition) is 4.